The van der Waals surface area contributed by atoms with E-state index in [4.69, 9.17) is 14.2 Å². The smallest absolute Gasteiger partial charge is 0.304 e. The van der Waals surface area contributed by atoms with E-state index in [0.29, 0.717) is 17.2 Å². The van der Waals surface area contributed by atoms with E-state index in [-0.39, 0.29) is 37.7 Å². The molecular weight excluding hydrogens is 458 g/mol. The second-order valence-electron chi connectivity index (χ2n) is 8.88. The van der Waals surface area contributed by atoms with E-state index in [0.717, 1.165) is 33.9 Å². The maximum absolute atomic E-state index is 12.3. The minimum Gasteiger partial charge on any atom is -0.484 e. The molecule has 0 spiro atoms. The molecule has 188 valence electrons. The second kappa shape index (κ2) is 11.2. The lowest BCUT2D eigenvalue weighted by molar-refractivity contribution is -0.137. The molecule has 7 nitrogen and oxygen atoms in total. The molecule has 1 aliphatic rings. The highest BCUT2D eigenvalue weighted by Crippen LogP contribution is 2.40. The van der Waals surface area contributed by atoms with Crippen LogP contribution < -0.4 is 19.5 Å². The zero-order valence-corrected chi connectivity index (χ0v) is 20.7. The molecule has 0 radical (unpaired) electrons. The van der Waals surface area contributed by atoms with Crippen LogP contribution in [-0.4, -0.2) is 36.4 Å². The van der Waals surface area contributed by atoms with Crippen LogP contribution in [0.1, 0.15) is 49.3 Å². The zero-order valence-electron chi connectivity index (χ0n) is 20.7. The van der Waals surface area contributed by atoms with Crippen LogP contribution in [0.25, 0.3) is 10.8 Å². The molecule has 1 amide bonds. The predicted molar refractivity (Wildman–Crippen MR) is 138 cm³/mol. The van der Waals surface area contributed by atoms with Crippen LogP contribution in [0.4, 0.5) is 0 Å². The van der Waals surface area contributed by atoms with Crippen LogP contribution in [0.5, 0.6) is 17.2 Å². The van der Waals surface area contributed by atoms with Gasteiger partial charge < -0.3 is 24.6 Å². The molecule has 2 atom stereocenters. The van der Waals surface area contributed by atoms with Gasteiger partial charge in [0.2, 0.25) is 6.79 Å². The molecule has 2 unspecified atom stereocenters. The van der Waals surface area contributed by atoms with Crippen molar-refractivity contribution in [3.8, 4) is 17.2 Å². The van der Waals surface area contributed by atoms with Gasteiger partial charge in [-0.15, -0.1) is 0 Å². The fourth-order valence-corrected chi connectivity index (χ4v) is 4.48. The molecule has 1 aliphatic heterocycles. The van der Waals surface area contributed by atoms with Gasteiger partial charge >= 0.3 is 5.97 Å². The molecule has 7 heteroatoms. The van der Waals surface area contributed by atoms with Crippen molar-refractivity contribution in [3.05, 3.63) is 77.4 Å². The van der Waals surface area contributed by atoms with Gasteiger partial charge in [0.15, 0.2) is 18.1 Å². The summed E-state index contributed by atoms with van der Waals surface area (Å²) in [4.78, 5) is 24.1. The Morgan fingerprint density at radius 2 is 1.83 bits per heavy atom. The molecule has 2 N–H and O–H groups in total. The van der Waals surface area contributed by atoms with Crippen LogP contribution in [0.2, 0.25) is 0 Å². The lowest BCUT2D eigenvalue weighted by Gasteiger charge is -2.20. The normalized spacial score (nSPS) is 14.1. The summed E-state index contributed by atoms with van der Waals surface area (Å²) < 4.78 is 16.8. The van der Waals surface area contributed by atoms with Gasteiger partial charge in [0, 0.05) is 12.0 Å². The summed E-state index contributed by atoms with van der Waals surface area (Å²) in [6.45, 7) is 5.95. The first-order valence-corrected chi connectivity index (χ1v) is 12.1. The number of carboxylic acid groups (broad SMARTS) is 1. The summed E-state index contributed by atoms with van der Waals surface area (Å²) in [7, 11) is 0. The van der Waals surface area contributed by atoms with Crippen LogP contribution in [-0.2, 0) is 9.59 Å². The third-order valence-electron chi connectivity index (χ3n) is 6.33. The van der Waals surface area contributed by atoms with Gasteiger partial charge in [0.25, 0.3) is 5.91 Å². The summed E-state index contributed by atoms with van der Waals surface area (Å²) in [6, 6.07) is 15.3. The molecule has 0 saturated carbocycles. The minimum atomic E-state index is -0.886. The highest BCUT2D eigenvalue weighted by Gasteiger charge is 2.24. The predicted octanol–water partition coefficient (Wildman–Crippen LogP) is 5.33. The summed E-state index contributed by atoms with van der Waals surface area (Å²) in [5.74, 6) is 0.431. The Morgan fingerprint density at radius 1 is 1.08 bits per heavy atom. The van der Waals surface area contributed by atoms with Crippen LogP contribution >= 0.6 is 0 Å². The van der Waals surface area contributed by atoms with Crippen LogP contribution in [0.15, 0.2) is 60.7 Å². The first kappa shape index (κ1) is 25.1. The highest BCUT2D eigenvalue weighted by atomic mass is 16.7. The van der Waals surface area contributed by atoms with E-state index in [1.54, 1.807) is 0 Å². The fourth-order valence-electron chi connectivity index (χ4n) is 4.48. The van der Waals surface area contributed by atoms with Crippen molar-refractivity contribution >= 4 is 22.6 Å². The van der Waals surface area contributed by atoms with Crippen molar-refractivity contribution in [2.24, 2.45) is 0 Å². The topological polar surface area (TPSA) is 94.1 Å². The standard InChI is InChI=1S/C29H31NO6/c1-4-6-22(5-2)30-28(31)16-34-23-10-9-19-7-8-20(12-21(19)13-23)25(15-29(32)33)24-14-27-26(11-18(24)3)35-17-36-27/h4,6-14,22,25H,5,15-17H2,1-3H3,(H,30,31)(H,32,33)/b6-4-. The molecule has 3 aromatic rings. The van der Waals surface area contributed by atoms with Gasteiger partial charge in [-0.2, -0.15) is 0 Å². The lowest BCUT2D eigenvalue weighted by Crippen LogP contribution is -2.36. The Kier molecular flexibility index (Phi) is 7.78. The average Bonchev–Trinajstić information content (AvgIpc) is 3.32. The molecule has 36 heavy (non-hydrogen) atoms. The third-order valence-corrected chi connectivity index (χ3v) is 6.33. The first-order chi connectivity index (χ1) is 17.4. The Morgan fingerprint density at radius 3 is 2.56 bits per heavy atom. The van der Waals surface area contributed by atoms with E-state index < -0.39 is 5.97 Å². The van der Waals surface area contributed by atoms with Gasteiger partial charge in [-0.25, -0.2) is 0 Å². The average molecular weight is 490 g/mol. The molecule has 1 heterocycles. The van der Waals surface area contributed by atoms with E-state index in [1.807, 2.05) is 81.5 Å². The largest absolute Gasteiger partial charge is 0.484 e. The van der Waals surface area contributed by atoms with Crippen LogP contribution in [0.3, 0.4) is 0 Å². The number of amides is 1. The van der Waals surface area contributed by atoms with Crippen molar-refractivity contribution < 1.29 is 28.9 Å². The van der Waals surface area contributed by atoms with E-state index >= 15 is 0 Å². The fraction of sp³-hybridized carbons (Fsp3) is 0.310. The SMILES string of the molecule is C/C=C\C(CC)NC(=O)COc1ccc2ccc(C(CC(=O)O)c3cc4c(cc3C)OCO4)cc2c1. The molecule has 4 rings (SSSR count). The number of nitrogens with one attached hydrogen (secondary N) is 1. The molecule has 0 bridgehead atoms. The summed E-state index contributed by atoms with van der Waals surface area (Å²) in [6.07, 6.45) is 4.60. The first-order valence-electron chi connectivity index (χ1n) is 12.1. The number of rotatable bonds is 10. The van der Waals surface area contributed by atoms with Crippen molar-refractivity contribution in [2.45, 2.75) is 45.6 Å². The van der Waals surface area contributed by atoms with Crippen molar-refractivity contribution in [1.82, 2.24) is 5.32 Å². The number of hydrogen-bond acceptors (Lipinski definition) is 5. The van der Waals surface area contributed by atoms with E-state index in [1.165, 1.54) is 0 Å². The highest BCUT2D eigenvalue weighted by molar-refractivity contribution is 5.85. The Hall–Kier alpha value is -4.00. The van der Waals surface area contributed by atoms with Gasteiger partial charge in [0.1, 0.15) is 5.75 Å². The molecule has 3 aromatic carbocycles. The van der Waals surface area contributed by atoms with Crippen molar-refractivity contribution in [1.29, 1.82) is 0 Å². The van der Waals surface area contributed by atoms with Crippen molar-refractivity contribution in [3.63, 3.8) is 0 Å². The van der Waals surface area contributed by atoms with E-state index in [9.17, 15) is 14.7 Å². The van der Waals surface area contributed by atoms with Crippen molar-refractivity contribution in [2.75, 3.05) is 13.4 Å². The number of fused-ring (bicyclic) bond motifs is 2. The molecule has 0 saturated heterocycles. The molecule has 0 fully saturated rings. The number of hydrogen-bond donors (Lipinski definition) is 2. The number of benzene rings is 3. The number of aryl methyl sites for hydroxylation is 1. The number of aliphatic carboxylic acids is 1. The Balaban J connectivity index is 1.58. The summed E-state index contributed by atoms with van der Waals surface area (Å²) in [5.41, 5.74) is 2.70. The lowest BCUT2D eigenvalue weighted by atomic mass is 9.85. The van der Waals surface area contributed by atoms with Crippen LogP contribution in [0, 0.1) is 6.92 Å². The minimum absolute atomic E-state index is 0.0175. The van der Waals surface area contributed by atoms with Gasteiger partial charge in [-0.1, -0.05) is 43.3 Å². The monoisotopic (exact) mass is 489 g/mol. The number of ether oxygens (including phenoxy) is 3. The number of carbonyl (C=O) groups is 2. The Labute approximate surface area is 210 Å². The number of allylic oxidation sites excluding steroid dienone is 1. The number of carboxylic acids is 1. The zero-order chi connectivity index (χ0) is 25.7. The van der Waals surface area contributed by atoms with Gasteiger partial charge in [-0.05, 0) is 72.0 Å². The number of carbonyl (C=O) groups excluding carboxylic acids is 1. The third kappa shape index (κ3) is 5.79. The summed E-state index contributed by atoms with van der Waals surface area (Å²) >= 11 is 0. The Bertz CT molecular complexity index is 1300. The maximum atomic E-state index is 12.3. The maximum Gasteiger partial charge on any atom is 0.304 e. The summed E-state index contributed by atoms with van der Waals surface area (Å²) in [5, 5.41) is 14.5. The van der Waals surface area contributed by atoms with Gasteiger partial charge in [-0.3, -0.25) is 9.59 Å². The molecular formula is C29H31NO6. The molecule has 0 aliphatic carbocycles. The quantitative estimate of drug-likeness (QED) is 0.374. The van der Waals surface area contributed by atoms with Gasteiger partial charge in [0.05, 0.1) is 6.42 Å². The van der Waals surface area contributed by atoms with E-state index in [2.05, 4.69) is 5.32 Å². The second-order valence-corrected chi connectivity index (χ2v) is 8.88. The molecule has 0 aromatic heterocycles.